The van der Waals surface area contributed by atoms with Crippen LogP contribution in [0.5, 0.6) is 0 Å². The number of rotatable bonds is 6. The van der Waals surface area contributed by atoms with E-state index in [1.165, 1.54) is 24.3 Å². The first kappa shape index (κ1) is 30.8. The zero-order chi connectivity index (χ0) is 29.1. The number of fused-ring (bicyclic) bond motifs is 1. The second kappa shape index (κ2) is 12.8. The van der Waals surface area contributed by atoms with Gasteiger partial charge in [-0.1, -0.05) is 30.4 Å². The zero-order valence-electron chi connectivity index (χ0n) is 22.7. The highest BCUT2D eigenvalue weighted by atomic mass is 35.5. The Hall–Kier alpha value is -4.15. The summed E-state index contributed by atoms with van der Waals surface area (Å²) in [5.74, 6) is -0.114. The number of halogens is 4. The van der Waals surface area contributed by atoms with Crippen molar-refractivity contribution in [3.63, 3.8) is 0 Å². The number of aliphatic hydroxyl groups is 1. The van der Waals surface area contributed by atoms with Gasteiger partial charge < -0.3 is 20.6 Å². The Balaban J connectivity index is 0.00000405. The van der Waals surface area contributed by atoms with E-state index < -0.39 is 29.7 Å². The van der Waals surface area contributed by atoms with Crippen LogP contribution >= 0.6 is 12.4 Å². The fraction of sp³-hybridized carbons (Fsp3) is 0.258. The number of allylic oxidation sites excluding steroid dienone is 2. The summed E-state index contributed by atoms with van der Waals surface area (Å²) in [6.07, 6.45) is 2.75. The Morgan fingerprint density at radius 3 is 2.50 bits per heavy atom. The fourth-order valence-corrected chi connectivity index (χ4v) is 5.14. The lowest BCUT2D eigenvalue weighted by atomic mass is 9.97. The molecule has 1 aromatic heterocycles. The molecule has 3 aromatic rings. The van der Waals surface area contributed by atoms with Gasteiger partial charge in [-0.15, -0.1) is 12.4 Å². The first-order valence-electron chi connectivity index (χ1n) is 13.3. The van der Waals surface area contributed by atoms with Crippen LogP contribution in [0.15, 0.2) is 79.0 Å². The summed E-state index contributed by atoms with van der Waals surface area (Å²) < 4.78 is 39.5. The van der Waals surface area contributed by atoms with Crippen molar-refractivity contribution < 1.29 is 27.9 Å². The van der Waals surface area contributed by atoms with Crippen molar-refractivity contribution in [3.8, 4) is 0 Å². The summed E-state index contributed by atoms with van der Waals surface area (Å²) in [5.41, 5.74) is 2.66. The molecule has 2 aliphatic rings. The van der Waals surface area contributed by atoms with Crippen LogP contribution in [0.3, 0.4) is 0 Å². The van der Waals surface area contributed by atoms with E-state index in [4.69, 9.17) is 0 Å². The minimum absolute atomic E-state index is 0. The van der Waals surface area contributed by atoms with Gasteiger partial charge in [-0.3, -0.25) is 9.59 Å². The normalized spacial score (nSPS) is 18.8. The van der Waals surface area contributed by atoms with Crippen molar-refractivity contribution in [2.45, 2.75) is 44.5 Å². The van der Waals surface area contributed by atoms with Crippen molar-refractivity contribution in [2.75, 3.05) is 22.1 Å². The summed E-state index contributed by atoms with van der Waals surface area (Å²) >= 11 is 0. The van der Waals surface area contributed by atoms with Crippen molar-refractivity contribution >= 4 is 47.0 Å². The predicted octanol–water partition coefficient (Wildman–Crippen LogP) is 5.99. The molecule has 0 saturated carbocycles. The number of aliphatic hydroxyl groups excluding tert-OH is 1. The number of nitrogens with one attached hydrogen (secondary N) is 2. The van der Waals surface area contributed by atoms with Crippen LogP contribution in [0.4, 0.5) is 30.4 Å². The number of carbonyl (C=O) groups excluding carboxylic acids is 2. The minimum atomic E-state index is -4.45. The molecule has 5 rings (SSSR count). The molecule has 0 radical (unpaired) electrons. The van der Waals surface area contributed by atoms with E-state index in [0.717, 1.165) is 37.3 Å². The van der Waals surface area contributed by atoms with Crippen LogP contribution in [0.2, 0.25) is 0 Å². The van der Waals surface area contributed by atoms with Crippen LogP contribution in [-0.4, -0.2) is 40.6 Å². The number of pyridine rings is 1. The SMILES string of the molecule is CC1CCCN1c1ccc(/C(=C\C=C\C(=O)Nc2cccc3c2CC(O)C(=O)N3)c2ccc(C(F)(F)F)cc2)cn1.Cl. The summed E-state index contributed by atoms with van der Waals surface area (Å²) in [5, 5.41) is 15.3. The third kappa shape index (κ3) is 6.83. The van der Waals surface area contributed by atoms with Crippen LogP contribution in [0.1, 0.15) is 42.0 Å². The van der Waals surface area contributed by atoms with Crippen LogP contribution in [0, 0.1) is 0 Å². The smallest absolute Gasteiger partial charge is 0.383 e. The highest BCUT2D eigenvalue weighted by Gasteiger charge is 2.30. The average Bonchev–Trinajstić information content (AvgIpc) is 3.38. The van der Waals surface area contributed by atoms with Gasteiger partial charge in [0.1, 0.15) is 11.9 Å². The molecular weight excluding hydrogens is 569 g/mol. The van der Waals surface area contributed by atoms with Crippen molar-refractivity contribution in [1.82, 2.24) is 4.98 Å². The largest absolute Gasteiger partial charge is 0.416 e. The Morgan fingerprint density at radius 2 is 1.86 bits per heavy atom. The number of alkyl halides is 3. The van der Waals surface area contributed by atoms with Gasteiger partial charge in [0.25, 0.3) is 5.91 Å². The van der Waals surface area contributed by atoms with E-state index >= 15 is 0 Å². The van der Waals surface area contributed by atoms with Crippen molar-refractivity contribution in [2.24, 2.45) is 0 Å². The number of nitrogens with zero attached hydrogens (tertiary/aromatic N) is 2. The lowest BCUT2D eigenvalue weighted by Crippen LogP contribution is -2.34. The number of anilines is 3. The van der Waals surface area contributed by atoms with Crippen LogP contribution in [-0.2, 0) is 22.2 Å². The Labute approximate surface area is 247 Å². The molecule has 3 N–H and O–H groups in total. The van der Waals surface area contributed by atoms with E-state index in [1.807, 2.05) is 12.1 Å². The summed E-state index contributed by atoms with van der Waals surface area (Å²) in [6.45, 7) is 3.07. The molecule has 2 aliphatic heterocycles. The number of amides is 2. The quantitative estimate of drug-likeness (QED) is 0.239. The van der Waals surface area contributed by atoms with Crippen LogP contribution in [0.25, 0.3) is 5.57 Å². The Bertz CT molecular complexity index is 1510. The molecule has 2 amide bonds. The van der Waals surface area contributed by atoms with E-state index in [0.29, 0.717) is 39.7 Å². The van der Waals surface area contributed by atoms with Gasteiger partial charge in [-0.05, 0) is 67.3 Å². The highest BCUT2D eigenvalue weighted by Crippen LogP contribution is 2.33. The Morgan fingerprint density at radius 1 is 1.12 bits per heavy atom. The number of hydrogen-bond acceptors (Lipinski definition) is 5. The molecule has 0 aliphatic carbocycles. The standard InChI is InChI=1S/C31H29F3N4O3.ClH/c1-19-5-4-16-38(19)28-15-12-21(18-35-28)23(20-10-13-22(14-11-20)31(32,33)34)6-2-9-29(40)36-25-7-3-8-26-24(25)17-27(39)30(41)37-26;/h2-3,6-15,18-19,27,39H,4-5,16-17H2,1H3,(H,36,40)(H,37,41);1H/b9-2+,23-6-;. The van der Waals surface area contributed by atoms with Gasteiger partial charge in [0.2, 0.25) is 5.91 Å². The van der Waals surface area contributed by atoms with E-state index in [-0.39, 0.29) is 18.8 Å². The summed E-state index contributed by atoms with van der Waals surface area (Å²) in [4.78, 5) is 31.4. The number of benzene rings is 2. The minimum Gasteiger partial charge on any atom is -0.383 e. The molecular formula is C31H30ClF3N4O3. The first-order valence-corrected chi connectivity index (χ1v) is 13.3. The third-order valence-electron chi connectivity index (χ3n) is 7.33. The number of carbonyl (C=O) groups is 2. The summed E-state index contributed by atoms with van der Waals surface area (Å²) in [7, 11) is 0. The lowest BCUT2D eigenvalue weighted by molar-refractivity contribution is -0.137. The van der Waals surface area contributed by atoms with Crippen LogP contribution < -0.4 is 15.5 Å². The molecule has 2 unspecified atom stereocenters. The van der Waals surface area contributed by atoms with Crippen molar-refractivity contribution in [3.05, 3.63) is 101 Å². The second-order valence-corrected chi connectivity index (χ2v) is 10.1. The van der Waals surface area contributed by atoms with Gasteiger partial charge in [-0.25, -0.2) is 4.98 Å². The number of hydrogen-bond donors (Lipinski definition) is 3. The Kier molecular flexibility index (Phi) is 9.38. The van der Waals surface area contributed by atoms with Gasteiger partial charge >= 0.3 is 6.18 Å². The second-order valence-electron chi connectivity index (χ2n) is 10.1. The molecule has 7 nitrogen and oxygen atoms in total. The van der Waals surface area contributed by atoms with Gasteiger partial charge in [0.05, 0.1) is 5.56 Å². The molecule has 1 saturated heterocycles. The summed E-state index contributed by atoms with van der Waals surface area (Å²) in [6, 6.07) is 14.0. The topological polar surface area (TPSA) is 94.6 Å². The molecule has 220 valence electrons. The van der Waals surface area contributed by atoms with Gasteiger partial charge in [0, 0.05) is 53.8 Å². The predicted molar refractivity (Wildman–Crippen MR) is 159 cm³/mol. The maximum atomic E-state index is 13.2. The highest BCUT2D eigenvalue weighted by molar-refractivity contribution is 6.03. The first-order chi connectivity index (χ1) is 19.6. The van der Waals surface area contributed by atoms with Gasteiger partial charge in [0.15, 0.2) is 0 Å². The maximum Gasteiger partial charge on any atom is 0.416 e. The third-order valence-corrected chi connectivity index (χ3v) is 7.33. The van der Waals surface area contributed by atoms with Gasteiger partial charge in [-0.2, -0.15) is 13.2 Å². The average molecular weight is 599 g/mol. The molecule has 2 atom stereocenters. The zero-order valence-corrected chi connectivity index (χ0v) is 23.5. The molecule has 0 bridgehead atoms. The lowest BCUT2D eigenvalue weighted by Gasteiger charge is -2.23. The van der Waals surface area contributed by atoms with E-state index in [9.17, 15) is 27.9 Å². The molecule has 11 heteroatoms. The monoisotopic (exact) mass is 598 g/mol. The van der Waals surface area contributed by atoms with E-state index in [1.54, 1.807) is 30.5 Å². The fourth-order valence-electron chi connectivity index (χ4n) is 5.14. The molecule has 2 aromatic carbocycles. The van der Waals surface area contributed by atoms with Crippen molar-refractivity contribution in [1.29, 1.82) is 0 Å². The molecule has 0 spiro atoms. The molecule has 1 fully saturated rings. The number of aromatic nitrogens is 1. The van der Waals surface area contributed by atoms with E-state index in [2.05, 4.69) is 27.4 Å². The molecule has 3 heterocycles. The molecule has 42 heavy (non-hydrogen) atoms. The maximum absolute atomic E-state index is 13.2.